The summed E-state index contributed by atoms with van der Waals surface area (Å²) in [6.07, 6.45) is 13.5. The van der Waals surface area contributed by atoms with Gasteiger partial charge in [-0.25, -0.2) is 0 Å². The number of ether oxygens (including phenoxy) is 1. The fraction of sp³-hybridized carbons (Fsp3) is 0.947. The third-order valence-corrected chi connectivity index (χ3v) is 4.56. The average Bonchev–Trinajstić information content (AvgIpc) is 2.41. The number of carbonyl (C=O) groups excluding carboxylic acids is 1. The summed E-state index contributed by atoms with van der Waals surface area (Å²) in [7, 11) is 0. The van der Waals surface area contributed by atoms with E-state index < -0.39 is 0 Å². The molecule has 0 saturated carbocycles. The van der Waals surface area contributed by atoms with Crippen LogP contribution in [0.1, 0.15) is 98.8 Å². The van der Waals surface area contributed by atoms with Gasteiger partial charge in [-0.3, -0.25) is 4.79 Å². The lowest BCUT2D eigenvalue weighted by molar-refractivity contribution is -0.147. The van der Waals surface area contributed by atoms with Crippen LogP contribution in [0.4, 0.5) is 0 Å². The highest BCUT2D eigenvalue weighted by Crippen LogP contribution is 2.21. The molecule has 0 saturated heterocycles. The Morgan fingerprint density at radius 2 is 1.43 bits per heavy atom. The minimum atomic E-state index is -0.161. The average molecular weight is 299 g/mol. The summed E-state index contributed by atoms with van der Waals surface area (Å²) >= 11 is 0. The number of hydrogen-bond acceptors (Lipinski definition) is 2. The number of hydrogen-bond donors (Lipinski definition) is 0. The Labute approximate surface area is 133 Å². The van der Waals surface area contributed by atoms with Crippen LogP contribution in [0.2, 0.25) is 0 Å². The second-order valence-corrected chi connectivity index (χ2v) is 6.88. The molecule has 0 rings (SSSR count). The summed E-state index contributed by atoms with van der Waals surface area (Å²) in [6.45, 7) is 10.3. The van der Waals surface area contributed by atoms with Crippen LogP contribution in [0.15, 0.2) is 0 Å². The summed E-state index contributed by atoms with van der Waals surface area (Å²) < 4.78 is 5.24. The zero-order chi connectivity index (χ0) is 16.1. The first-order valence-corrected chi connectivity index (χ1v) is 9.14. The van der Waals surface area contributed by atoms with E-state index in [2.05, 4.69) is 20.8 Å². The first kappa shape index (κ1) is 20.5. The number of rotatable bonds is 13. The lowest BCUT2D eigenvalue weighted by atomic mass is 9.92. The maximum atomic E-state index is 10.9. The van der Waals surface area contributed by atoms with Crippen molar-refractivity contribution in [3.05, 3.63) is 0 Å². The molecule has 0 bridgehead atoms. The van der Waals surface area contributed by atoms with Crippen LogP contribution >= 0.6 is 0 Å². The van der Waals surface area contributed by atoms with Gasteiger partial charge >= 0.3 is 5.97 Å². The second kappa shape index (κ2) is 13.2. The molecule has 0 aliphatic carbocycles. The Balaban J connectivity index is 3.51. The molecule has 0 radical (unpaired) electrons. The predicted molar refractivity (Wildman–Crippen MR) is 91.4 cm³/mol. The largest absolute Gasteiger partial charge is 0.463 e. The van der Waals surface area contributed by atoms with Gasteiger partial charge < -0.3 is 4.74 Å². The van der Waals surface area contributed by atoms with E-state index in [4.69, 9.17) is 4.74 Å². The van der Waals surface area contributed by atoms with Crippen molar-refractivity contribution in [3.8, 4) is 0 Å². The topological polar surface area (TPSA) is 26.3 Å². The molecular formula is C19H38O2. The maximum absolute atomic E-state index is 10.9. The van der Waals surface area contributed by atoms with Gasteiger partial charge in [0.2, 0.25) is 0 Å². The summed E-state index contributed by atoms with van der Waals surface area (Å²) in [5.41, 5.74) is 0. The molecule has 0 aromatic heterocycles. The molecule has 0 heterocycles. The quantitative estimate of drug-likeness (QED) is 0.302. The highest BCUT2D eigenvalue weighted by molar-refractivity contribution is 5.66. The van der Waals surface area contributed by atoms with E-state index in [-0.39, 0.29) is 12.1 Å². The Kier molecular flexibility index (Phi) is 12.8. The van der Waals surface area contributed by atoms with Crippen LogP contribution in [-0.4, -0.2) is 12.1 Å². The van der Waals surface area contributed by atoms with E-state index in [1.165, 1.54) is 64.7 Å². The third-order valence-electron chi connectivity index (χ3n) is 4.56. The van der Waals surface area contributed by atoms with Crippen LogP contribution in [-0.2, 0) is 9.53 Å². The molecule has 0 aromatic carbocycles. The van der Waals surface area contributed by atoms with E-state index in [0.29, 0.717) is 5.92 Å². The molecular weight excluding hydrogens is 260 g/mol. The highest BCUT2D eigenvalue weighted by Gasteiger charge is 2.15. The van der Waals surface area contributed by atoms with Crippen LogP contribution in [0.3, 0.4) is 0 Å². The fourth-order valence-corrected chi connectivity index (χ4v) is 2.82. The first-order valence-electron chi connectivity index (χ1n) is 9.14. The van der Waals surface area contributed by atoms with E-state index in [1.54, 1.807) is 0 Å². The highest BCUT2D eigenvalue weighted by atomic mass is 16.5. The molecule has 3 atom stereocenters. The summed E-state index contributed by atoms with van der Waals surface area (Å²) in [5.74, 6) is 1.15. The van der Waals surface area contributed by atoms with Gasteiger partial charge in [0.1, 0.15) is 6.10 Å². The van der Waals surface area contributed by atoms with Crippen molar-refractivity contribution in [2.24, 2.45) is 11.8 Å². The summed E-state index contributed by atoms with van der Waals surface area (Å²) in [4.78, 5) is 10.9. The lowest BCUT2D eigenvalue weighted by Gasteiger charge is -2.20. The van der Waals surface area contributed by atoms with Gasteiger partial charge in [0.05, 0.1) is 0 Å². The van der Waals surface area contributed by atoms with Gasteiger partial charge in [-0.2, -0.15) is 0 Å². The molecule has 0 unspecified atom stereocenters. The maximum Gasteiger partial charge on any atom is 0.302 e. The molecule has 0 aliphatic rings. The van der Waals surface area contributed by atoms with Crippen molar-refractivity contribution in [1.82, 2.24) is 0 Å². The summed E-state index contributed by atoms with van der Waals surface area (Å²) in [6, 6.07) is 0. The first-order chi connectivity index (χ1) is 9.97. The smallest absolute Gasteiger partial charge is 0.302 e. The predicted octanol–water partition coefficient (Wildman–Crippen LogP) is 6.13. The molecule has 0 amide bonds. The van der Waals surface area contributed by atoms with Crippen molar-refractivity contribution in [2.45, 2.75) is 105 Å². The van der Waals surface area contributed by atoms with Gasteiger partial charge in [0.25, 0.3) is 0 Å². The Morgan fingerprint density at radius 3 is 2.05 bits per heavy atom. The standard InChI is InChI=1S/C19H38O2/c1-6-7-8-9-10-11-13-16(2)14-12-15-17(3)18(4)21-19(5)20/h16-18H,6-15H2,1-5H3/t16-,17+,18-/m0/s1. The molecule has 0 fully saturated rings. The number of unbranched alkanes of at least 4 members (excludes halogenated alkanes) is 5. The Morgan fingerprint density at radius 1 is 0.857 bits per heavy atom. The minimum Gasteiger partial charge on any atom is -0.463 e. The summed E-state index contributed by atoms with van der Waals surface area (Å²) in [5, 5.41) is 0. The lowest BCUT2D eigenvalue weighted by Crippen LogP contribution is -2.20. The van der Waals surface area contributed by atoms with Crippen LogP contribution in [0, 0.1) is 11.8 Å². The molecule has 0 aromatic rings. The normalized spacial score (nSPS) is 15.5. The van der Waals surface area contributed by atoms with Crippen LogP contribution in [0.5, 0.6) is 0 Å². The van der Waals surface area contributed by atoms with Gasteiger partial charge in [0.15, 0.2) is 0 Å². The fourth-order valence-electron chi connectivity index (χ4n) is 2.82. The van der Waals surface area contributed by atoms with E-state index >= 15 is 0 Å². The van der Waals surface area contributed by atoms with Crippen LogP contribution in [0.25, 0.3) is 0 Å². The molecule has 0 spiro atoms. The van der Waals surface area contributed by atoms with Gasteiger partial charge in [0, 0.05) is 6.92 Å². The third kappa shape index (κ3) is 12.9. The van der Waals surface area contributed by atoms with Crippen molar-refractivity contribution in [1.29, 1.82) is 0 Å². The number of esters is 1. The minimum absolute atomic E-state index is 0.0522. The van der Waals surface area contributed by atoms with Crippen molar-refractivity contribution < 1.29 is 9.53 Å². The molecule has 21 heavy (non-hydrogen) atoms. The van der Waals surface area contributed by atoms with Gasteiger partial charge in [-0.15, -0.1) is 0 Å². The van der Waals surface area contributed by atoms with Crippen molar-refractivity contribution in [2.75, 3.05) is 0 Å². The zero-order valence-electron chi connectivity index (χ0n) is 15.1. The van der Waals surface area contributed by atoms with E-state index in [0.717, 1.165) is 12.3 Å². The SMILES string of the molecule is CCCCCCCC[C@H](C)CCC[C@@H](C)[C@H](C)OC(C)=O. The van der Waals surface area contributed by atoms with Gasteiger partial charge in [-0.1, -0.05) is 78.6 Å². The van der Waals surface area contributed by atoms with Crippen LogP contribution < -0.4 is 0 Å². The molecule has 126 valence electrons. The zero-order valence-corrected chi connectivity index (χ0v) is 15.1. The van der Waals surface area contributed by atoms with E-state index in [1.807, 2.05) is 6.92 Å². The monoisotopic (exact) mass is 298 g/mol. The molecule has 2 heteroatoms. The Bertz CT molecular complexity index is 250. The van der Waals surface area contributed by atoms with Crippen molar-refractivity contribution in [3.63, 3.8) is 0 Å². The van der Waals surface area contributed by atoms with Crippen molar-refractivity contribution >= 4 is 5.97 Å². The molecule has 0 N–H and O–H groups in total. The number of carbonyl (C=O) groups is 1. The second-order valence-electron chi connectivity index (χ2n) is 6.88. The van der Waals surface area contributed by atoms with E-state index in [9.17, 15) is 4.79 Å². The van der Waals surface area contributed by atoms with Gasteiger partial charge in [-0.05, 0) is 25.2 Å². The molecule has 0 aliphatic heterocycles. The molecule has 2 nitrogen and oxygen atoms in total. The Hall–Kier alpha value is -0.530.